The predicted molar refractivity (Wildman–Crippen MR) is 92.9 cm³/mol. The Hall–Kier alpha value is -2.61. The van der Waals surface area contributed by atoms with Crippen molar-refractivity contribution in [3.05, 3.63) is 29.7 Å². The van der Waals surface area contributed by atoms with Crippen LogP contribution in [0.25, 0.3) is 5.65 Å². The first-order valence-corrected chi connectivity index (χ1v) is 8.28. The summed E-state index contributed by atoms with van der Waals surface area (Å²) in [5.41, 5.74) is 8.94. The lowest BCUT2D eigenvalue weighted by atomic mass is 10.2. The Balaban J connectivity index is 1.85. The van der Waals surface area contributed by atoms with Crippen LogP contribution in [0.3, 0.4) is 0 Å². The maximum atomic E-state index is 11.7. The number of nitrogens with two attached hydrogens (primary N) is 1. The summed E-state index contributed by atoms with van der Waals surface area (Å²) in [6.07, 6.45) is 1.95. The molecule has 2 N–H and O–H groups in total. The number of esters is 1. The highest BCUT2D eigenvalue weighted by Gasteiger charge is 2.22. The summed E-state index contributed by atoms with van der Waals surface area (Å²) in [5.74, 6) is -0.215. The third kappa shape index (κ3) is 3.74. The van der Waals surface area contributed by atoms with E-state index in [0.717, 1.165) is 24.4 Å². The summed E-state index contributed by atoms with van der Waals surface area (Å²) >= 11 is 0. The van der Waals surface area contributed by atoms with Crippen molar-refractivity contribution in [3.63, 3.8) is 0 Å². The van der Waals surface area contributed by atoms with Gasteiger partial charge >= 0.3 is 5.97 Å². The summed E-state index contributed by atoms with van der Waals surface area (Å²) in [6, 6.07) is 3.63. The predicted octanol–water partition coefficient (Wildman–Crippen LogP) is 0.296. The molecule has 1 saturated heterocycles. The summed E-state index contributed by atoms with van der Waals surface area (Å²) < 4.78 is 6.72. The molecule has 3 heterocycles. The van der Waals surface area contributed by atoms with Crippen molar-refractivity contribution in [2.75, 3.05) is 39.0 Å². The van der Waals surface area contributed by atoms with Crippen molar-refractivity contribution in [3.8, 4) is 0 Å². The average Bonchev–Trinajstić information content (AvgIpc) is 2.92. The number of hydrogen-bond donors (Lipinski definition) is 1. The van der Waals surface area contributed by atoms with Gasteiger partial charge in [0.1, 0.15) is 5.65 Å². The number of anilines is 1. The van der Waals surface area contributed by atoms with Crippen molar-refractivity contribution in [1.29, 1.82) is 0 Å². The average molecular weight is 345 g/mol. The van der Waals surface area contributed by atoms with Crippen LogP contribution in [0.4, 0.5) is 5.69 Å². The second-order valence-corrected chi connectivity index (χ2v) is 6.23. The molecule has 1 aliphatic rings. The van der Waals surface area contributed by atoms with Crippen molar-refractivity contribution in [2.24, 2.45) is 0 Å². The molecule has 0 bridgehead atoms. The van der Waals surface area contributed by atoms with Gasteiger partial charge in [-0.15, -0.1) is 0 Å². The smallest absolute Gasteiger partial charge is 0.311 e. The molecule has 0 spiro atoms. The topological polar surface area (TPSA) is 93.2 Å². The highest BCUT2D eigenvalue weighted by Crippen LogP contribution is 2.19. The number of rotatable bonds is 4. The van der Waals surface area contributed by atoms with Gasteiger partial charge in [0, 0.05) is 51.5 Å². The number of aromatic nitrogens is 2. The normalized spacial score (nSPS) is 15.5. The van der Waals surface area contributed by atoms with E-state index in [4.69, 9.17) is 10.5 Å². The van der Waals surface area contributed by atoms with Crippen LogP contribution in [0, 0.1) is 0 Å². The first kappa shape index (κ1) is 17.2. The van der Waals surface area contributed by atoms with Gasteiger partial charge in [-0.1, -0.05) is 0 Å². The van der Waals surface area contributed by atoms with Gasteiger partial charge < -0.3 is 19.8 Å². The number of carbonyl (C=O) groups excluding carboxylic acids is 2. The van der Waals surface area contributed by atoms with Crippen LogP contribution in [-0.4, -0.2) is 64.3 Å². The lowest BCUT2D eigenvalue weighted by Crippen LogP contribution is -2.47. The number of ether oxygens (including phenoxy) is 1. The van der Waals surface area contributed by atoms with Gasteiger partial charge in [0.2, 0.25) is 5.91 Å². The van der Waals surface area contributed by atoms with Gasteiger partial charge in [-0.25, -0.2) is 4.98 Å². The minimum Gasteiger partial charge on any atom is -0.469 e. The lowest BCUT2D eigenvalue weighted by Gasteiger charge is -2.34. The molecule has 2 aromatic heterocycles. The molecule has 0 atom stereocenters. The van der Waals surface area contributed by atoms with Crippen molar-refractivity contribution >= 4 is 23.2 Å². The minimum absolute atomic E-state index is 0.105. The quantitative estimate of drug-likeness (QED) is 0.801. The molecule has 0 aliphatic carbocycles. The molecule has 3 rings (SSSR count). The van der Waals surface area contributed by atoms with Gasteiger partial charge in [0.05, 0.1) is 24.9 Å². The number of fused-ring (bicyclic) bond motifs is 1. The van der Waals surface area contributed by atoms with E-state index in [1.165, 1.54) is 7.11 Å². The highest BCUT2D eigenvalue weighted by molar-refractivity contribution is 5.73. The zero-order valence-corrected chi connectivity index (χ0v) is 14.6. The van der Waals surface area contributed by atoms with E-state index in [9.17, 15) is 9.59 Å². The van der Waals surface area contributed by atoms with E-state index in [0.29, 0.717) is 31.0 Å². The molecule has 2 aromatic rings. The SMILES string of the molecule is COC(=O)Cc1nc2ccc(N)cn2c1CN1CCN(C(C)=O)CC1. The van der Waals surface area contributed by atoms with Crippen LogP contribution in [0.1, 0.15) is 18.3 Å². The molecule has 0 aromatic carbocycles. The molecule has 0 saturated carbocycles. The van der Waals surface area contributed by atoms with Crippen LogP contribution in [0.15, 0.2) is 18.3 Å². The van der Waals surface area contributed by atoms with E-state index < -0.39 is 0 Å². The fourth-order valence-electron chi connectivity index (χ4n) is 3.11. The Labute approximate surface area is 146 Å². The van der Waals surface area contributed by atoms with Gasteiger partial charge in [-0.3, -0.25) is 14.5 Å². The minimum atomic E-state index is -0.320. The van der Waals surface area contributed by atoms with Crippen LogP contribution in [0.2, 0.25) is 0 Å². The summed E-state index contributed by atoms with van der Waals surface area (Å²) in [5, 5.41) is 0. The molecule has 1 aliphatic heterocycles. The summed E-state index contributed by atoms with van der Waals surface area (Å²) in [4.78, 5) is 31.9. The first-order chi connectivity index (χ1) is 12.0. The molecular formula is C17H23N5O3. The number of nitrogen functional groups attached to an aromatic ring is 1. The van der Waals surface area contributed by atoms with Gasteiger partial charge in [-0.2, -0.15) is 0 Å². The maximum absolute atomic E-state index is 11.7. The molecule has 134 valence electrons. The lowest BCUT2D eigenvalue weighted by molar-refractivity contribution is -0.140. The van der Waals surface area contributed by atoms with Crippen LogP contribution >= 0.6 is 0 Å². The second kappa shape index (κ2) is 7.10. The molecule has 0 unspecified atom stereocenters. The molecule has 25 heavy (non-hydrogen) atoms. The van der Waals surface area contributed by atoms with E-state index in [2.05, 4.69) is 9.88 Å². The Bertz CT molecular complexity index is 793. The molecule has 1 fully saturated rings. The number of imidazole rings is 1. The first-order valence-electron chi connectivity index (χ1n) is 8.28. The van der Waals surface area contributed by atoms with Gasteiger partial charge in [-0.05, 0) is 12.1 Å². The number of carbonyl (C=O) groups is 2. The zero-order valence-electron chi connectivity index (χ0n) is 14.6. The van der Waals surface area contributed by atoms with Crippen molar-refractivity contribution in [1.82, 2.24) is 19.2 Å². The number of pyridine rings is 1. The number of methoxy groups -OCH3 is 1. The monoisotopic (exact) mass is 345 g/mol. The molecule has 1 amide bonds. The Kier molecular flexibility index (Phi) is 4.89. The standard InChI is InChI=1S/C17H23N5O3/c1-12(23)21-7-5-20(6-8-21)11-15-14(9-17(24)25-2)19-16-4-3-13(18)10-22(15)16/h3-4,10H,5-9,11,18H2,1-2H3. The fourth-order valence-corrected chi connectivity index (χ4v) is 3.11. The Morgan fingerprint density at radius 1 is 1.24 bits per heavy atom. The fraction of sp³-hybridized carbons (Fsp3) is 0.471. The number of piperazine rings is 1. The highest BCUT2D eigenvalue weighted by atomic mass is 16.5. The van der Waals surface area contributed by atoms with Gasteiger partial charge in [0.15, 0.2) is 0 Å². The van der Waals surface area contributed by atoms with Crippen LogP contribution < -0.4 is 5.73 Å². The maximum Gasteiger partial charge on any atom is 0.311 e. The Morgan fingerprint density at radius 3 is 2.60 bits per heavy atom. The van der Waals surface area contributed by atoms with E-state index in [1.54, 1.807) is 13.0 Å². The second-order valence-electron chi connectivity index (χ2n) is 6.23. The molecular weight excluding hydrogens is 322 g/mol. The third-order valence-electron chi connectivity index (χ3n) is 4.55. The van der Waals surface area contributed by atoms with E-state index in [1.807, 2.05) is 21.6 Å². The summed E-state index contributed by atoms with van der Waals surface area (Å²) in [7, 11) is 1.37. The van der Waals surface area contributed by atoms with Crippen LogP contribution in [0.5, 0.6) is 0 Å². The van der Waals surface area contributed by atoms with Crippen LogP contribution in [-0.2, 0) is 27.3 Å². The third-order valence-corrected chi connectivity index (χ3v) is 4.55. The van der Waals surface area contributed by atoms with Crippen molar-refractivity contribution in [2.45, 2.75) is 19.9 Å². The van der Waals surface area contributed by atoms with E-state index in [-0.39, 0.29) is 18.3 Å². The zero-order chi connectivity index (χ0) is 18.0. The van der Waals surface area contributed by atoms with Gasteiger partial charge in [0.25, 0.3) is 0 Å². The molecule has 8 nitrogen and oxygen atoms in total. The number of amides is 1. The molecule has 0 radical (unpaired) electrons. The summed E-state index contributed by atoms with van der Waals surface area (Å²) in [6.45, 7) is 5.22. The van der Waals surface area contributed by atoms with E-state index >= 15 is 0 Å². The largest absolute Gasteiger partial charge is 0.469 e. The number of hydrogen-bond acceptors (Lipinski definition) is 6. The number of nitrogens with zero attached hydrogens (tertiary/aromatic N) is 4. The molecule has 8 heteroatoms. The van der Waals surface area contributed by atoms with Crippen molar-refractivity contribution < 1.29 is 14.3 Å². The Morgan fingerprint density at radius 2 is 1.96 bits per heavy atom.